The van der Waals surface area contributed by atoms with Gasteiger partial charge in [-0.15, -0.1) is 0 Å². The van der Waals surface area contributed by atoms with Crippen LogP contribution < -0.4 is 15.0 Å². The molecule has 0 bridgehead atoms. The Bertz CT molecular complexity index is 1400. The summed E-state index contributed by atoms with van der Waals surface area (Å²) in [6.07, 6.45) is -2.42. The molecule has 1 aliphatic rings. The van der Waals surface area contributed by atoms with Gasteiger partial charge < -0.3 is 19.5 Å². The molecule has 3 aromatic rings. The largest absolute Gasteiger partial charge is 0.489 e. The standard InChI is InChI=1S/C30H35F3N4O5/c1-28(2,3)41-26(38)37(27(39)42-29(4,5)6)25-14-23-18(8-7-9-19(23)16-36-25)15-34-20-12-22(13-20)40-21-10-11-24(35-17-21)30(31,32)33/h7-11,14,16-17,20,22,34H,12-13,15H2,1-6H3. The number of amides is 2. The minimum Gasteiger partial charge on any atom is -0.489 e. The molecule has 0 spiro atoms. The lowest BCUT2D eigenvalue weighted by Gasteiger charge is -2.36. The van der Waals surface area contributed by atoms with Crippen molar-refractivity contribution in [1.82, 2.24) is 15.3 Å². The van der Waals surface area contributed by atoms with E-state index in [1.165, 1.54) is 6.07 Å². The van der Waals surface area contributed by atoms with Crippen molar-refractivity contribution in [3.8, 4) is 5.75 Å². The second-order valence-electron chi connectivity index (χ2n) is 12.1. The second kappa shape index (κ2) is 11.7. The molecule has 1 aliphatic carbocycles. The van der Waals surface area contributed by atoms with E-state index in [0.717, 1.165) is 33.5 Å². The van der Waals surface area contributed by atoms with E-state index in [1.54, 1.807) is 53.8 Å². The van der Waals surface area contributed by atoms with Crippen LogP contribution in [0.4, 0.5) is 28.6 Å². The summed E-state index contributed by atoms with van der Waals surface area (Å²) in [5.41, 5.74) is -1.75. The summed E-state index contributed by atoms with van der Waals surface area (Å²) in [5, 5.41) is 5.07. The molecule has 0 aliphatic heterocycles. The van der Waals surface area contributed by atoms with Crippen LogP contribution in [0, 0.1) is 0 Å². The Kier molecular flexibility index (Phi) is 8.68. The molecular weight excluding hydrogens is 553 g/mol. The van der Waals surface area contributed by atoms with Crippen molar-refractivity contribution in [2.24, 2.45) is 0 Å². The van der Waals surface area contributed by atoms with Crippen LogP contribution in [0.15, 0.2) is 48.8 Å². The summed E-state index contributed by atoms with van der Waals surface area (Å²) >= 11 is 0. The number of hydrogen-bond acceptors (Lipinski definition) is 8. The number of fused-ring (bicyclic) bond motifs is 1. The first-order chi connectivity index (χ1) is 19.5. The zero-order valence-electron chi connectivity index (χ0n) is 24.4. The van der Waals surface area contributed by atoms with E-state index in [-0.39, 0.29) is 18.0 Å². The molecule has 0 unspecified atom stereocenters. The van der Waals surface area contributed by atoms with Gasteiger partial charge in [-0.25, -0.2) is 19.6 Å². The van der Waals surface area contributed by atoms with Crippen LogP contribution in [0.5, 0.6) is 5.75 Å². The number of imide groups is 1. The van der Waals surface area contributed by atoms with Crippen molar-refractivity contribution in [1.29, 1.82) is 0 Å². The van der Waals surface area contributed by atoms with Crippen molar-refractivity contribution in [2.75, 3.05) is 4.90 Å². The number of alkyl halides is 3. The quantitative estimate of drug-likeness (QED) is 0.328. The maximum atomic E-state index is 13.1. The smallest absolute Gasteiger partial charge is 0.433 e. The van der Waals surface area contributed by atoms with E-state index < -0.39 is 35.3 Å². The van der Waals surface area contributed by atoms with E-state index >= 15 is 0 Å². The summed E-state index contributed by atoms with van der Waals surface area (Å²) in [6.45, 7) is 10.7. The van der Waals surface area contributed by atoms with E-state index in [1.807, 2.05) is 18.2 Å². The molecule has 42 heavy (non-hydrogen) atoms. The number of rotatable bonds is 6. The number of pyridine rings is 2. The third-order valence-corrected chi connectivity index (χ3v) is 6.23. The van der Waals surface area contributed by atoms with Crippen LogP contribution in [0.2, 0.25) is 0 Å². The van der Waals surface area contributed by atoms with Crippen molar-refractivity contribution in [3.05, 3.63) is 60.0 Å². The zero-order valence-corrected chi connectivity index (χ0v) is 24.4. The molecule has 1 saturated carbocycles. The molecule has 1 fully saturated rings. The normalized spacial score (nSPS) is 17.4. The number of anilines is 1. The first-order valence-electron chi connectivity index (χ1n) is 13.6. The third-order valence-electron chi connectivity index (χ3n) is 6.23. The molecule has 9 nitrogen and oxygen atoms in total. The van der Waals surface area contributed by atoms with Crippen LogP contribution >= 0.6 is 0 Å². The summed E-state index contributed by atoms with van der Waals surface area (Å²) < 4.78 is 54.9. The maximum Gasteiger partial charge on any atom is 0.433 e. The summed E-state index contributed by atoms with van der Waals surface area (Å²) in [7, 11) is 0. The van der Waals surface area contributed by atoms with Crippen molar-refractivity contribution >= 4 is 28.8 Å². The van der Waals surface area contributed by atoms with Gasteiger partial charge in [0.05, 0.1) is 6.20 Å². The highest BCUT2D eigenvalue weighted by Gasteiger charge is 2.35. The van der Waals surface area contributed by atoms with Gasteiger partial charge in [-0.05, 0) is 83.5 Å². The highest BCUT2D eigenvalue weighted by molar-refractivity contribution is 6.09. The number of halogens is 3. The topological polar surface area (TPSA) is 103 Å². The molecule has 2 heterocycles. The molecular formula is C30H35F3N4O5. The molecule has 0 atom stereocenters. The Hall–Kier alpha value is -3.93. The minimum atomic E-state index is -4.49. The fourth-order valence-corrected chi connectivity index (χ4v) is 4.27. The number of hydrogen-bond donors (Lipinski definition) is 1. The number of carbonyl (C=O) groups is 2. The van der Waals surface area contributed by atoms with Gasteiger partial charge in [0.1, 0.15) is 34.6 Å². The van der Waals surface area contributed by atoms with Crippen LogP contribution in [-0.4, -0.2) is 45.5 Å². The molecule has 4 rings (SSSR count). The van der Waals surface area contributed by atoms with Gasteiger partial charge in [-0.2, -0.15) is 18.1 Å². The lowest BCUT2D eigenvalue weighted by Crippen LogP contribution is -2.46. The molecule has 226 valence electrons. The summed E-state index contributed by atoms with van der Waals surface area (Å²) in [6, 6.07) is 9.68. The van der Waals surface area contributed by atoms with Crippen molar-refractivity contribution in [2.45, 2.75) is 90.5 Å². The first-order valence-corrected chi connectivity index (χ1v) is 13.6. The average Bonchev–Trinajstić information content (AvgIpc) is 2.83. The number of aromatic nitrogens is 2. The Morgan fingerprint density at radius 1 is 0.929 bits per heavy atom. The predicted molar refractivity (Wildman–Crippen MR) is 150 cm³/mol. The lowest BCUT2D eigenvalue weighted by atomic mass is 9.89. The molecule has 2 aromatic heterocycles. The van der Waals surface area contributed by atoms with Gasteiger partial charge >= 0.3 is 18.4 Å². The van der Waals surface area contributed by atoms with E-state index in [2.05, 4.69) is 15.3 Å². The van der Waals surface area contributed by atoms with Crippen LogP contribution in [0.3, 0.4) is 0 Å². The number of nitrogens with zero attached hydrogens (tertiary/aromatic N) is 3. The van der Waals surface area contributed by atoms with E-state index in [4.69, 9.17) is 14.2 Å². The fourth-order valence-electron chi connectivity index (χ4n) is 4.27. The van der Waals surface area contributed by atoms with E-state index in [9.17, 15) is 22.8 Å². The van der Waals surface area contributed by atoms with Crippen molar-refractivity contribution in [3.63, 3.8) is 0 Å². The molecule has 2 amide bonds. The van der Waals surface area contributed by atoms with Gasteiger partial charge in [-0.1, -0.05) is 18.2 Å². The number of benzene rings is 1. The molecule has 1 N–H and O–H groups in total. The maximum absolute atomic E-state index is 13.1. The Morgan fingerprint density at radius 2 is 1.57 bits per heavy atom. The van der Waals surface area contributed by atoms with Gasteiger partial charge in [0.2, 0.25) is 0 Å². The van der Waals surface area contributed by atoms with Gasteiger partial charge in [0.15, 0.2) is 0 Å². The summed E-state index contributed by atoms with van der Waals surface area (Å²) in [5.74, 6) is 0.362. The second-order valence-corrected chi connectivity index (χ2v) is 12.1. The fraction of sp³-hybridized carbons (Fsp3) is 0.467. The summed E-state index contributed by atoms with van der Waals surface area (Å²) in [4.78, 5) is 34.7. The Balaban J connectivity index is 1.45. The number of ether oxygens (including phenoxy) is 3. The predicted octanol–water partition coefficient (Wildman–Crippen LogP) is 7.02. The number of nitrogens with one attached hydrogen (secondary N) is 1. The Morgan fingerprint density at radius 3 is 2.12 bits per heavy atom. The highest BCUT2D eigenvalue weighted by atomic mass is 19.4. The highest BCUT2D eigenvalue weighted by Crippen LogP contribution is 2.31. The van der Waals surface area contributed by atoms with Crippen LogP contribution in [-0.2, 0) is 22.2 Å². The zero-order chi connectivity index (χ0) is 30.9. The Labute approximate surface area is 242 Å². The monoisotopic (exact) mass is 588 g/mol. The molecule has 0 radical (unpaired) electrons. The first kappa shape index (κ1) is 31.0. The average molecular weight is 589 g/mol. The molecule has 1 aromatic carbocycles. The SMILES string of the molecule is CC(C)(C)OC(=O)N(C(=O)OC(C)(C)C)c1cc2c(CNC3CC(Oc4ccc(C(F)(F)F)nc4)C3)cccc2cn1. The van der Waals surface area contributed by atoms with Crippen LogP contribution in [0.1, 0.15) is 65.6 Å². The van der Waals surface area contributed by atoms with Crippen LogP contribution in [0.25, 0.3) is 10.8 Å². The lowest BCUT2D eigenvalue weighted by molar-refractivity contribution is -0.141. The van der Waals surface area contributed by atoms with Gasteiger partial charge in [0, 0.05) is 24.2 Å². The van der Waals surface area contributed by atoms with Gasteiger partial charge in [-0.3, -0.25) is 0 Å². The third kappa shape index (κ3) is 8.09. The van der Waals surface area contributed by atoms with Crippen molar-refractivity contribution < 1.29 is 37.0 Å². The number of carbonyl (C=O) groups excluding carboxylic acids is 2. The molecule has 12 heteroatoms. The minimum absolute atomic E-state index is 0.0701. The van der Waals surface area contributed by atoms with Gasteiger partial charge in [0.25, 0.3) is 0 Å². The molecule has 0 saturated heterocycles. The van der Waals surface area contributed by atoms with E-state index in [0.29, 0.717) is 25.1 Å².